The normalized spacial score (nSPS) is 10.9. The summed E-state index contributed by atoms with van der Waals surface area (Å²) in [5, 5.41) is 11.9. The molecule has 0 saturated heterocycles. The molecule has 0 saturated carbocycles. The van der Waals surface area contributed by atoms with Crippen LogP contribution in [0.25, 0.3) is 28.2 Å². The van der Waals surface area contributed by atoms with Gasteiger partial charge in [0.25, 0.3) is 0 Å². The zero-order chi connectivity index (χ0) is 22.8. The van der Waals surface area contributed by atoms with Gasteiger partial charge in [-0.2, -0.15) is 15.2 Å². The molecule has 33 heavy (non-hydrogen) atoms. The lowest BCUT2D eigenvalue weighted by atomic mass is 10.0. The third-order valence-corrected chi connectivity index (χ3v) is 5.57. The van der Waals surface area contributed by atoms with E-state index in [0.717, 1.165) is 22.4 Å². The van der Waals surface area contributed by atoms with E-state index in [4.69, 9.17) is 17.3 Å². The Kier molecular flexibility index (Phi) is 5.50. The van der Waals surface area contributed by atoms with Crippen LogP contribution in [0.15, 0.2) is 89.7 Å². The quantitative estimate of drug-likeness (QED) is 0.395. The molecule has 5 rings (SSSR count). The minimum absolute atomic E-state index is 0.113. The fourth-order valence-corrected chi connectivity index (χ4v) is 3.89. The largest absolute Gasteiger partial charge is 0.365 e. The van der Waals surface area contributed by atoms with E-state index < -0.39 is 5.69 Å². The van der Waals surface area contributed by atoms with Crippen LogP contribution < -0.4 is 5.69 Å². The average molecular weight is 453 g/mol. The molecule has 0 spiro atoms. The van der Waals surface area contributed by atoms with Gasteiger partial charge in [-0.3, -0.25) is 9.67 Å². The SMILES string of the molecule is Cc1ccc(-n2c(Cn3nc(-c4ccccc4)c(-c4ccccc4)nc3=O)n[nH]c2=S)cc1. The maximum absolute atomic E-state index is 13.0. The van der Waals surface area contributed by atoms with E-state index in [1.54, 1.807) is 4.57 Å². The van der Waals surface area contributed by atoms with E-state index in [-0.39, 0.29) is 6.54 Å². The molecule has 7 nitrogen and oxygen atoms in total. The number of H-pyrrole nitrogens is 1. The Hall–Kier alpha value is -4.17. The molecule has 2 heterocycles. The standard InChI is InChI=1S/C25H20N6OS/c1-17-12-14-20(15-13-17)31-21(27-28-25(31)33)16-30-24(32)26-22(18-8-4-2-5-9-18)23(29-30)19-10-6-3-7-11-19/h2-15H,16H2,1H3,(H,28,33). The zero-order valence-electron chi connectivity index (χ0n) is 17.8. The van der Waals surface area contributed by atoms with Crippen molar-refractivity contribution in [3.8, 4) is 28.2 Å². The van der Waals surface area contributed by atoms with Gasteiger partial charge >= 0.3 is 5.69 Å². The second kappa shape index (κ2) is 8.76. The number of benzene rings is 3. The van der Waals surface area contributed by atoms with Gasteiger partial charge in [0.15, 0.2) is 10.6 Å². The number of nitrogens with zero attached hydrogens (tertiary/aromatic N) is 5. The van der Waals surface area contributed by atoms with E-state index >= 15 is 0 Å². The Labute approximate surface area is 195 Å². The molecule has 0 atom stereocenters. The summed E-state index contributed by atoms with van der Waals surface area (Å²) in [5.41, 5.74) is 4.40. The first-order valence-corrected chi connectivity index (χ1v) is 10.8. The summed E-state index contributed by atoms with van der Waals surface area (Å²) < 4.78 is 3.57. The second-order valence-electron chi connectivity index (χ2n) is 7.60. The summed E-state index contributed by atoms with van der Waals surface area (Å²) in [4.78, 5) is 17.4. The van der Waals surface area contributed by atoms with Crippen molar-refractivity contribution in [1.82, 2.24) is 29.5 Å². The Balaban J connectivity index is 1.63. The highest BCUT2D eigenvalue weighted by Crippen LogP contribution is 2.27. The first-order chi connectivity index (χ1) is 16.1. The average Bonchev–Trinajstić information content (AvgIpc) is 3.21. The molecule has 0 unspecified atom stereocenters. The zero-order valence-corrected chi connectivity index (χ0v) is 18.7. The fourth-order valence-electron chi connectivity index (χ4n) is 3.64. The minimum atomic E-state index is -0.460. The number of nitrogens with one attached hydrogen (secondary N) is 1. The third kappa shape index (κ3) is 4.16. The van der Waals surface area contributed by atoms with Gasteiger partial charge in [0.05, 0.1) is 0 Å². The minimum Gasteiger partial charge on any atom is -0.271 e. The molecule has 1 N–H and O–H groups in total. The van der Waals surface area contributed by atoms with Crippen LogP contribution >= 0.6 is 12.2 Å². The van der Waals surface area contributed by atoms with Crippen molar-refractivity contribution in [3.63, 3.8) is 0 Å². The van der Waals surface area contributed by atoms with Crippen molar-refractivity contribution in [2.75, 3.05) is 0 Å². The van der Waals surface area contributed by atoms with Crippen LogP contribution in [0.4, 0.5) is 0 Å². The van der Waals surface area contributed by atoms with E-state index in [2.05, 4.69) is 15.2 Å². The number of aromatic nitrogens is 6. The molecule has 0 bridgehead atoms. The summed E-state index contributed by atoms with van der Waals surface area (Å²) in [6.45, 7) is 2.13. The summed E-state index contributed by atoms with van der Waals surface area (Å²) in [6, 6.07) is 27.2. The van der Waals surface area contributed by atoms with Crippen LogP contribution in [-0.2, 0) is 6.54 Å². The van der Waals surface area contributed by atoms with Crippen molar-refractivity contribution in [2.45, 2.75) is 13.5 Å². The third-order valence-electron chi connectivity index (χ3n) is 5.29. The van der Waals surface area contributed by atoms with Crippen LogP contribution in [-0.4, -0.2) is 29.5 Å². The molecule has 5 aromatic rings. The fraction of sp³-hybridized carbons (Fsp3) is 0.0800. The molecule has 162 valence electrons. The molecular weight excluding hydrogens is 432 g/mol. The Morgan fingerprint density at radius 2 is 1.45 bits per heavy atom. The Morgan fingerprint density at radius 3 is 2.09 bits per heavy atom. The molecule has 0 amide bonds. The molecule has 0 radical (unpaired) electrons. The number of aromatic amines is 1. The van der Waals surface area contributed by atoms with Crippen molar-refractivity contribution < 1.29 is 0 Å². The smallest absolute Gasteiger partial charge is 0.271 e. The highest BCUT2D eigenvalue weighted by molar-refractivity contribution is 7.71. The van der Waals surface area contributed by atoms with Gasteiger partial charge in [-0.15, -0.1) is 0 Å². The molecule has 2 aromatic heterocycles. The highest BCUT2D eigenvalue weighted by Gasteiger charge is 2.17. The van der Waals surface area contributed by atoms with Crippen molar-refractivity contribution in [1.29, 1.82) is 0 Å². The Bertz CT molecular complexity index is 1520. The van der Waals surface area contributed by atoms with Gasteiger partial charge in [-0.05, 0) is 31.3 Å². The molecule has 3 aromatic carbocycles. The van der Waals surface area contributed by atoms with E-state index in [0.29, 0.717) is 22.0 Å². The predicted molar refractivity (Wildman–Crippen MR) is 130 cm³/mol. The van der Waals surface area contributed by atoms with Gasteiger partial charge in [-0.1, -0.05) is 78.4 Å². The van der Waals surface area contributed by atoms with Crippen molar-refractivity contribution in [2.24, 2.45) is 0 Å². The molecule has 0 aliphatic heterocycles. The van der Waals surface area contributed by atoms with E-state index in [9.17, 15) is 4.79 Å². The van der Waals surface area contributed by atoms with Crippen LogP contribution in [0.1, 0.15) is 11.4 Å². The van der Waals surface area contributed by atoms with Gasteiger partial charge in [0.2, 0.25) is 0 Å². The number of aryl methyl sites for hydroxylation is 1. The van der Waals surface area contributed by atoms with Crippen LogP contribution in [0.5, 0.6) is 0 Å². The van der Waals surface area contributed by atoms with Crippen LogP contribution in [0, 0.1) is 11.7 Å². The lowest BCUT2D eigenvalue weighted by Gasteiger charge is -2.12. The number of hydrogen-bond donors (Lipinski definition) is 1. The molecule has 0 aliphatic carbocycles. The molecule has 0 aliphatic rings. The summed E-state index contributed by atoms with van der Waals surface area (Å²) in [5.74, 6) is 0.562. The summed E-state index contributed by atoms with van der Waals surface area (Å²) in [6.07, 6.45) is 0. The molecular formula is C25H20N6OS. The van der Waals surface area contributed by atoms with E-state index in [1.165, 1.54) is 4.68 Å². The van der Waals surface area contributed by atoms with Gasteiger partial charge in [0, 0.05) is 16.8 Å². The van der Waals surface area contributed by atoms with Crippen LogP contribution in [0.3, 0.4) is 0 Å². The van der Waals surface area contributed by atoms with Crippen molar-refractivity contribution >= 4 is 12.2 Å². The summed E-state index contributed by atoms with van der Waals surface area (Å²) in [7, 11) is 0. The number of hydrogen-bond acceptors (Lipinski definition) is 5. The monoisotopic (exact) mass is 452 g/mol. The topological polar surface area (TPSA) is 81.4 Å². The van der Waals surface area contributed by atoms with Gasteiger partial charge < -0.3 is 0 Å². The van der Waals surface area contributed by atoms with Crippen LogP contribution in [0.2, 0.25) is 0 Å². The molecule has 8 heteroatoms. The maximum Gasteiger partial charge on any atom is 0.365 e. The maximum atomic E-state index is 13.0. The first-order valence-electron chi connectivity index (χ1n) is 10.4. The molecule has 0 fully saturated rings. The highest BCUT2D eigenvalue weighted by atomic mass is 32.1. The first kappa shape index (κ1) is 20.7. The van der Waals surface area contributed by atoms with Crippen molar-refractivity contribution in [3.05, 3.63) is 112 Å². The van der Waals surface area contributed by atoms with E-state index in [1.807, 2.05) is 91.9 Å². The Morgan fingerprint density at radius 1 is 0.848 bits per heavy atom. The van der Waals surface area contributed by atoms with Gasteiger partial charge in [-0.25, -0.2) is 9.48 Å². The number of rotatable bonds is 5. The van der Waals surface area contributed by atoms with Gasteiger partial charge in [0.1, 0.15) is 17.9 Å². The summed E-state index contributed by atoms with van der Waals surface area (Å²) >= 11 is 5.45. The lowest BCUT2D eigenvalue weighted by Crippen LogP contribution is -2.28. The second-order valence-corrected chi connectivity index (χ2v) is 7.98. The predicted octanol–water partition coefficient (Wildman–Crippen LogP) is 4.57. The lowest BCUT2D eigenvalue weighted by molar-refractivity contribution is 0.590.